The van der Waals surface area contributed by atoms with Crippen molar-refractivity contribution in [2.75, 3.05) is 6.54 Å². The van der Waals surface area contributed by atoms with E-state index in [0.29, 0.717) is 18.6 Å². The normalized spacial score (nSPS) is 28.5. The van der Waals surface area contributed by atoms with Gasteiger partial charge in [-0.3, -0.25) is 4.79 Å². The molecule has 0 radical (unpaired) electrons. The minimum atomic E-state index is -0.111. The van der Waals surface area contributed by atoms with Gasteiger partial charge in [0, 0.05) is 18.6 Å². The number of nitrogens with two attached hydrogens (primary N) is 1. The Morgan fingerprint density at radius 1 is 1.53 bits per heavy atom. The molecular formula is C11H23N3O. The first-order chi connectivity index (χ1) is 7.13. The number of hydrogen-bond donors (Lipinski definition) is 3. The van der Waals surface area contributed by atoms with E-state index in [-0.39, 0.29) is 11.9 Å². The number of amides is 1. The molecule has 0 saturated heterocycles. The zero-order valence-corrected chi connectivity index (χ0v) is 9.75. The molecule has 1 aliphatic rings. The Labute approximate surface area is 92.0 Å². The van der Waals surface area contributed by atoms with Crippen LogP contribution in [0.1, 0.15) is 39.5 Å². The van der Waals surface area contributed by atoms with Crippen LogP contribution in [0.4, 0.5) is 0 Å². The van der Waals surface area contributed by atoms with Gasteiger partial charge in [0.1, 0.15) is 0 Å². The summed E-state index contributed by atoms with van der Waals surface area (Å²) in [4.78, 5) is 11.5. The SMILES string of the molecule is CCNC(=O)C(C)NC1CCCC(N)C1. The molecule has 1 saturated carbocycles. The second-order valence-corrected chi connectivity index (χ2v) is 4.41. The van der Waals surface area contributed by atoms with Crippen molar-refractivity contribution in [3.8, 4) is 0 Å². The van der Waals surface area contributed by atoms with Gasteiger partial charge in [-0.25, -0.2) is 0 Å². The van der Waals surface area contributed by atoms with E-state index in [1.54, 1.807) is 0 Å². The first kappa shape index (κ1) is 12.5. The van der Waals surface area contributed by atoms with Crippen LogP contribution in [0.2, 0.25) is 0 Å². The summed E-state index contributed by atoms with van der Waals surface area (Å²) >= 11 is 0. The third-order valence-electron chi connectivity index (χ3n) is 2.94. The number of carbonyl (C=O) groups is 1. The molecule has 88 valence electrons. The molecule has 4 nitrogen and oxygen atoms in total. The molecular weight excluding hydrogens is 190 g/mol. The zero-order chi connectivity index (χ0) is 11.3. The summed E-state index contributed by atoms with van der Waals surface area (Å²) in [7, 11) is 0. The van der Waals surface area contributed by atoms with E-state index >= 15 is 0 Å². The number of rotatable bonds is 4. The van der Waals surface area contributed by atoms with E-state index in [2.05, 4.69) is 10.6 Å². The summed E-state index contributed by atoms with van der Waals surface area (Å²) in [5.41, 5.74) is 5.90. The molecule has 0 heterocycles. The molecule has 4 heteroatoms. The van der Waals surface area contributed by atoms with Gasteiger partial charge in [0.25, 0.3) is 0 Å². The Kier molecular flexibility index (Phi) is 5.05. The minimum Gasteiger partial charge on any atom is -0.355 e. The van der Waals surface area contributed by atoms with Gasteiger partial charge in [-0.1, -0.05) is 6.42 Å². The number of hydrogen-bond acceptors (Lipinski definition) is 3. The van der Waals surface area contributed by atoms with Gasteiger partial charge in [0.15, 0.2) is 0 Å². The topological polar surface area (TPSA) is 67.2 Å². The van der Waals surface area contributed by atoms with E-state index in [1.807, 2.05) is 13.8 Å². The van der Waals surface area contributed by atoms with Crippen molar-refractivity contribution in [3.05, 3.63) is 0 Å². The Balaban J connectivity index is 2.30. The third-order valence-corrected chi connectivity index (χ3v) is 2.94. The Morgan fingerprint density at radius 3 is 2.87 bits per heavy atom. The fourth-order valence-corrected chi connectivity index (χ4v) is 2.14. The van der Waals surface area contributed by atoms with Crippen molar-refractivity contribution in [3.63, 3.8) is 0 Å². The van der Waals surface area contributed by atoms with Crippen LogP contribution in [-0.2, 0) is 4.79 Å². The molecule has 15 heavy (non-hydrogen) atoms. The quantitative estimate of drug-likeness (QED) is 0.632. The smallest absolute Gasteiger partial charge is 0.236 e. The van der Waals surface area contributed by atoms with Gasteiger partial charge < -0.3 is 16.4 Å². The van der Waals surface area contributed by atoms with Gasteiger partial charge in [-0.05, 0) is 33.1 Å². The predicted octanol–water partition coefficient (Wildman–Crippen LogP) is 0.371. The largest absolute Gasteiger partial charge is 0.355 e. The van der Waals surface area contributed by atoms with Gasteiger partial charge in [-0.15, -0.1) is 0 Å². The number of nitrogens with one attached hydrogen (secondary N) is 2. The summed E-state index contributed by atoms with van der Waals surface area (Å²) in [5, 5.41) is 6.16. The zero-order valence-electron chi connectivity index (χ0n) is 9.75. The van der Waals surface area contributed by atoms with Crippen LogP contribution < -0.4 is 16.4 Å². The third kappa shape index (κ3) is 4.18. The average Bonchev–Trinajstić information content (AvgIpc) is 2.18. The standard InChI is InChI=1S/C11H23N3O/c1-3-13-11(15)8(2)14-10-6-4-5-9(12)7-10/h8-10,14H,3-7,12H2,1-2H3,(H,13,15). The molecule has 1 rings (SSSR count). The molecule has 3 atom stereocenters. The number of carbonyl (C=O) groups excluding carboxylic acids is 1. The molecule has 0 bridgehead atoms. The molecule has 1 fully saturated rings. The summed E-state index contributed by atoms with van der Waals surface area (Å²) < 4.78 is 0. The molecule has 0 aromatic carbocycles. The van der Waals surface area contributed by atoms with Crippen molar-refractivity contribution in [2.24, 2.45) is 5.73 Å². The van der Waals surface area contributed by atoms with E-state index < -0.39 is 0 Å². The van der Waals surface area contributed by atoms with Crippen LogP contribution in [-0.4, -0.2) is 30.6 Å². The van der Waals surface area contributed by atoms with Gasteiger partial charge in [0.2, 0.25) is 5.91 Å². The molecule has 0 aliphatic heterocycles. The first-order valence-electron chi connectivity index (χ1n) is 5.92. The van der Waals surface area contributed by atoms with Gasteiger partial charge in [0.05, 0.1) is 6.04 Å². The molecule has 1 aliphatic carbocycles. The maximum atomic E-state index is 11.5. The molecule has 4 N–H and O–H groups in total. The van der Waals surface area contributed by atoms with E-state index in [4.69, 9.17) is 5.73 Å². The highest BCUT2D eigenvalue weighted by Gasteiger charge is 2.22. The summed E-state index contributed by atoms with van der Waals surface area (Å²) in [6, 6.07) is 0.601. The first-order valence-corrected chi connectivity index (χ1v) is 5.92. The summed E-state index contributed by atoms with van der Waals surface area (Å²) in [6.45, 7) is 4.53. The van der Waals surface area contributed by atoms with Gasteiger partial charge in [-0.2, -0.15) is 0 Å². The van der Waals surface area contributed by atoms with Crippen LogP contribution in [0.5, 0.6) is 0 Å². The predicted molar refractivity (Wildman–Crippen MR) is 61.5 cm³/mol. The van der Waals surface area contributed by atoms with Crippen LogP contribution in [0.25, 0.3) is 0 Å². The lowest BCUT2D eigenvalue weighted by atomic mass is 9.91. The molecule has 0 aromatic rings. The number of likely N-dealkylation sites (N-methyl/N-ethyl adjacent to an activating group) is 1. The highest BCUT2D eigenvalue weighted by molar-refractivity contribution is 5.81. The lowest BCUT2D eigenvalue weighted by Crippen LogP contribution is -2.49. The van der Waals surface area contributed by atoms with Crippen LogP contribution in [0.15, 0.2) is 0 Å². The second-order valence-electron chi connectivity index (χ2n) is 4.41. The summed E-state index contributed by atoms with van der Waals surface area (Å²) in [5.74, 6) is 0.0802. The Hall–Kier alpha value is -0.610. The Bertz CT molecular complexity index is 208. The monoisotopic (exact) mass is 213 g/mol. The second kappa shape index (κ2) is 6.08. The summed E-state index contributed by atoms with van der Waals surface area (Å²) in [6.07, 6.45) is 4.41. The van der Waals surface area contributed by atoms with E-state index in [9.17, 15) is 4.79 Å². The highest BCUT2D eigenvalue weighted by atomic mass is 16.2. The highest BCUT2D eigenvalue weighted by Crippen LogP contribution is 2.17. The van der Waals surface area contributed by atoms with Crippen molar-refractivity contribution in [1.29, 1.82) is 0 Å². The van der Waals surface area contributed by atoms with Gasteiger partial charge >= 0.3 is 0 Å². The van der Waals surface area contributed by atoms with Crippen LogP contribution in [0.3, 0.4) is 0 Å². The molecule has 0 aromatic heterocycles. The lowest BCUT2D eigenvalue weighted by molar-refractivity contribution is -0.122. The maximum Gasteiger partial charge on any atom is 0.236 e. The Morgan fingerprint density at radius 2 is 2.27 bits per heavy atom. The molecule has 0 spiro atoms. The van der Waals surface area contributed by atoms with E-state index in [0.717, 1.165) is 19.3 Å². The van der Waals surface area contributed by atoms with Crippen molar-refractivity contribution in [1.82, 2.24) is 10.6 Å². The molecule has 3 unspecified atom stereocenters. The minimum absolute atomic E-state index is 0.0802. The van der Waals surface area contributed by atoms with Crippen molar-refractivity contribution < 1.29 is 4.79 Å². The van der Waals surface area contributed by atoms with Crippen molar-refractivity contribution in [2.45, 2.75) is 57.7 Å². The van der Waals surface area contributed by atoms with Crippen LogP contribution >= 0.6 is 0 Å². The van der Waals surface area contributed by atoms with E-state index in [1.165, 1.54) is 6.42 Å². The maximum absolute atomic E-state index is 11.5. The average molecular weight is 213 g/mol. The lowest BCUT2D eigenvalue weighted by Gasteiger charge is -2.29. The van der Waals surface area contributed by atoms with Crippen LogP contribution in [0, 0.1) is 0 Å². The van der Waals surface area contributed by atoms with Crippen molar-refractivity contribution >= 4 is 5.91 Å². The fraction of sp³-hybridized carbons (Fsp3) is 0.909. The fourth-order valence-electron chi connectivity index (χ4n) is 2.14. The molecule has 1 amide bonds.